The molecule has 0 aliphatic carbocycles. The van der Waals surface area contributed by atoms with Crippen molar-refractivity contribution in [3.63, 3.8) is 0 Å². The zero-order valence-corrected chi connectivity index (χ0v) is 9.53. The molecule has 0 amide bonds. The van der Waals surface area contributed by atoms with Crippen molar-refractivity contribution < 1.29 is 14.3 Å². The van der Waals surface area contributed by atoms with Gasteiger partial charge in [-0.2, -0.15) is 0 Å². The molecule has 0 fully saturated rings. The number of ether oxygens (including phenoxy) is 2. The van der Waals surface area contributed by atoms with Crippen LogP contribution >= 0.6 is 0 Å². The van der Waals surface area contributed by atoms with E-state index in [2.05, 4.69) is 0 Å². The third kappa shape index (κ3) is 2.49. The molecule has 3 nitrogen and oxygen atoms in total. The maximum absolute atomic E-state index is 10.8. The van der Waals surface area contributed by atoms with Crippen molar-refractivity contribution in [2.45, 2.75) is 26.9 Å². The summed E-state index contributed by atoms with van der Waals surface area (Å²) in [5.74, 6) is 1.34. The van der Waals surface area contributed by atoms with E-state index in [9.17, 15) is 4.79 Å². The fraction of sp³-hybridized carbons (Fsp3) is 0.417. The second-order valence-electron chi connectivity index (χ2n) is 3.60. The van der Waals surface area contributed by atoms with Gasteiger partial charge < -0.3 is 9.47 Å². The van der Waals surface area contributed by atoms with Crippen LogP contribution in [0.4, 0.5) is 0 Å². The number of benzene rings is 1. The number of hydrogen-bond donors (Lipinski definition) is 0. The number of hydrogen-bond acceptors (Lipinski definition) is 3. The summed E-state index contributed by atoms with van der Waals surface area (Å²) in [6, 6.07) is 3.50. The minimum absolute atomic E-state index is 0.107. The van der Waals surface area contributed by atoms with E-state index >= 15 is 0 Å². The van der Waals surface area contributed by atoms with Gasteiger partial charge in [-0.15, -0.1) is 0 Å². The molecule has 0 N–H and O–H groups in total. The molecular weight excluding hydrogens is 192 g/mol. The van der Waals surface area contributed by atoms with Crippen molar-refractivity contribution in [2.75, 3.05) is 7.11 Å². The van der Waals surface area contributed by atoms with Gasteiger partial charge in [0, 0.05) is 5.56 Å². The van der Waals surface area contributed by atoms with E-state index in [1.807, 2.05) is 20.8 Å². The second-order valence-corrected chi connectivity index (χ2v) is 3.60. The van der Waals surface area contributed by atoms with Gasteiger partial charge in [-0.3, -0.25) is 4.79 Å². The first-order valence-electron chi connectivity index (χ1n) is 4.89. The monoisotopic (exact) mass is 208 g/mol. The summed E-state index contributed by atoms with van der Waals surface area (Å²) in [5, 5.41) is 0. The Kier molecular flexibility index (Phi) is 3.72. The lowest BCUT2D eigenvalue weighted by atomic mass is 10.1. The summed E-state index contributed by atoms with van der Waals surface area (Å²) in [5.41, 5.74) is 1.40. The van der Waals surface area contributed by atoms with Gasteiger partial charge in [-0.1, -0.05) is 0 Å². The predicted octanol–water partition coefficient (Wildman–Crippen LogP) is 2.60. The summed E-state index contributed by atoms with van der Waals surface area (Å²) in [4.78, 5) is 10.8. The van der Waals surface area contributed by atoms with E-state index in [0.29, 0.717) is 11.3 Å². The van der Waals surface area contributed by atoms with Crippen LogP contribution in [0, 0.1) is 6.92 Å². The Morgan fingerprint density at radius 2 is 2.00 bits per heavy atom. The quantitative estimate of drug-likeness (QED) is 0.713. The Balaban J connectivity index is 3.16. The molecule has 0 bridgehead atoms. The molecule has 0 spiro atoms. The highest BCUT2D eigenvalue weighted by atomic mass is 16.5. The fourth-order valence-electron chi connectivity index (χ4n) is 1.44. The lowest BCUT2D eigenvalue weighted by Gasteiger charge is -2.15. The van der Waals surface area contributed by atoms with E-state index in [0.717, 1.165) is 17.6 Å². The minimum Gasteiger partial charge on any atom is -0.496 e. The van der Waals surface area contributed by atoms with Crippen LogP contribution in [0.1, 0.15) is 29.8 Å². The Hall–Kier alpha value is -1.51. The molecule has 0 aromatic heterocycles. The van der Waals surface area contributed by atoms with Crippen molar-refractivity contribution in [2.24, 2.45) is 0 Å². The van der Waals surface area contributed by atoms with Crippen LogP contribution < -0.4 is 9.47 Å². The third-order valence-corrected chi connectivity index (χ3v) is 2.08. The van der Waals surface area contributed by atoms with E-state index < -0.39 is 0 Å². The van der Waals surface area contributed by atoms with E-state index in [4.69, 9.17) is 9.47 Å². The Morgan fingerprint density at radius 3 is 2.47 bits per heavy atom. The molecule has 0 unspecified atom stereocenters. The molecule has 1 aromatic rings. The molecule has 15 heavy (non-hydrogen) atoms. The number of methoxy groups -OCH3 is 1. The fourth-order valence-corrected chi connectivity index (χ4v) is 1.44. The van der Waals surface area contributed by atoms with Crippen molar-refractivity contribution in [3.05, 3.63) is 23.3 Å². The topological polar surface area (TPSA) is 35.5 Å². The van der Waals surface area contributed by atoms with Crippen LogP contribution in [-0.4, -0.2) is 19.5 Å². The zero-order chi connectivity index (χ0) is 11.4. The minimum atomic E-state index is 0.107. The van der Waals surface area contributed by atoms with Crippen molar-refractivity contribution in [1.82, 2.24) is 0 Å². The molecule has 82 valence electrons. The van der Waals surface area contributed by atoms with Crippen LogP contribution in [0.5, 0.6) is 11.5 Å². The first-order valence-corrected chi connectivity index (χ1v) is 4.89. The third-order valence-electron chi connectivity index (χ3n) is 2.08. The van der Waals surface area contributed by atoms with Crippen LogP contribution in [-0.2, 0) is 0 Å². The summed E-state index contributed by atoms with van der Waals surface area (Å²) >= 11 is 0. The molecule has 0 saturated heterocycles. The summed E-state index contributed by atoms with van der Waals surface area (Å²) in [6.07, 6.45) is 0.890. The van der Waals surface area contributed by atoms with Crippen LogP contribution in [0.2, 0.25) is 0 Å². The Bertz CT molecular complexity index is 356. The standard InChI is InChI=1S/C12H16O3/c1-8(2)15-11-6-5-10(7-13)12(14-4)9(11)3/h5-8H,1-4H3. The summed E-state index contributed by atoms with van der Waals surface area (Å²) in [6.45, 7) is 5.79. The summed E-state index contributed by atoms with van der Waals surface area (Å²) in [7, 11) is 1.55. The number of rotatable bonds is 4. The van der Waals surface area contributed by atoms with E-state index in [1.165, 1.54) is 0 Å². The molecule has 1 aromatic carbocycles. The normalized spacial score (nSPS) is 10.2. The Morgan fingerprint density at radius 1 is 1.33 bits per heavy atom. The maximum atomic E-state index is 10.8. The van der Waals surface area contributed by atoms with Gasteiger partial charge in [-0.25, -0.2) is 0 Å². The van der Waals surface area contributed by atoms with Gasteiger partial charge in [0.1, 0.15) is 11.5 Å². The van der Waals surface area contributed by atoms with Gasteiger partial charge in [0.05, 0.1) is 18.8 Å². The smallest absolute Gasteiger partial charge is 0.153 e. The van der Waals surface area contributed by atoms with Crippen LogP contribution in [0.25, 0.3) is 0 Å². The van der Waals surface area contributed by atoms with Gasteiger partial charge in [0.2, 0.25) is 0 Å². The second kappa shape index (κ2) is 4.82. The lowest BCUT2D eigenvalue weighted by Crippen LogP contribution is -2.07. The number of aldehydes is 1. The van der Waals surface area contributed by atoms with Gasteiger partial charge in [0.15, 0.2) is 6.29 Å². The Labute approximate surface area is 90.0 Å². The molecule has 0 atom stereocenters. The first kappa shape index (κ1) is 11.6. The number of carbonyl (C=O) groups is 1. The van der Waals surface area contributed by atoms with Crippen molar-refractivity contribution in [3.8, 4) is 11.5 Å². The average molecular weight is 208 g/mol. The predicted molar refractivity (Wildman–Crippen MR) is 58.9 cm³/mol. The lowest BCUT2D eigenvalue weighted by molar-refractivity contribution is 0.112. The highest BCUT2D eigenvalue weighted by Crippen LogP contribution is 2.30. The molecule has 1 rings (SSSR count). The highest BCUT2D eigenvalue weighted by molar-refractivity contribution is 5.81. The van der Waals surface area contributed by atoms with Crippen LogP contribution in [0.3, 0.4) is 0 Å². The van der Waals surface area contributed by atoms with Gasteiger partial charge in [-0.05, 0) is 32.9 Å². The SMILES string of the molecule is COc1c(C=O)ccc(OC(C)C)c1C. The van der Waals surface area contributed by atoms with Crippen molar-refractivity contribution >= 4 is 6.29 Å². The molecule has 0 radical (unpaired) electrons. The highest BCUT2D eigenvalue weighted by Gasteiger charge is 2.11. The largest absolute Gasteiger partial charge is 0.496 e. The first-order chi connectivity index (χ1) is 7.10. The molecule has 3 heteroatoms. The molecule has 0 heterocycles. The van der Waals surface area contributed by atoms with Gasteiger partial charge >= 0.3 is 0 Å². The molecule has 0 saturated carbocycles. The zero-order valence-electron chi connectivity index (χ0n) is 9.53. The molecular formula is C12H16O3. The van der Waals surface area contributed by atoms with Crippen molar-refractivity contribution in [1.29, 1.82) is 0 Å². The maximum Gasteiger partial charge on any atom is 0.153 e. The van der Waals surface area contributed by atoms with Crippen LogP contribution in [0.15, 0.2) is 12.1 Å². The molecule has 0 aliphatic rings. The number of carbonyl (C=O) groups excluding carboxylic acids is 1. The van der Waals surface area contributed by atoms with E-state index in [1.54, 1.807) is 19.2 Å². The average Bonchev–Trinajstić information content (AvgIpc) is 2.20. The molecule has 0 aliphatic heterocycles. The summed E-state index contributed by atoms with van der Waals surface area (Å²) < 4.78 is 10.8. The van der Waals surface area contributed by atoms with Gasteiger partial charge in [0.25, 0.3) is 0 Å². The van der Waals surface area contributed by atoms with E-state index in [-0.39, 0.29) is 6.10 Å².